The molecular weight excluding hydrogens is 350 g/mol. The maximum Gasteiger partial charge on any atom is 0.237 e. The van der Waals surface area contributed by atoms with Crippen LogP contribution in [0.3, 0.4) is 0 Å². The minimum atomic E-state index is -0.138. The molecule has 0 bridgehead atoms. The van der Waals surface area contributed by atoms with Crippen LogP contribution in [0.25, 0.3) is 0 Å². The molecule has 1 amide bonds. The lowest BCUT2D eigenvalue weighted by atomic mass is 9.95. The number of hydrogen-bond acceptors (Lipinski definition) is 4. The van der Waals surface area contributed by atoms with E-state index in [4.69, 9.17) is 4.74 Å². The Morgan fingerprint density at radius 2 is 1.82 bits per heavy atom. The van der Waals surface area contributed by atoms with E-state index in [9.17, 15) is 4.79 Å². The Labute approximate surface area is 166 Å². The maximum absolute atomic E-state index is 12.8. The average molecular weight is 377 g/mol. The maximum atomic E-state index is 12.8. The van der Waals surface area contributed by atoms with Gasteiger partial charge in [-0.2, -0.15) is 0 Å². The molecule has 5 nitrogen and oxygen atoms in total. The predicted molar refractivity (Wildman–Crippen MR) is 108 cm³/mol. The first-order chi connectivity index (χ1) is 13.8. The molecule has 5 rings (SSSR count). The number of nitrogens with zero attached hydrogens (tertiary/aromatic N) is 1. The van der Waals surface area contributed by atoms with Crippen LogP contribution in [0.1, 0.15) is 29.2 Å². The predicted octanol–water partition coefficient (Wildman–Crippen LogP) is 2.03. The summed E-state index contributed by atoms with van der Waals surface area (Å²) in [5.41, 5.74) is 3.82. The second-order valence-electron chi connectivity index (χ2n) is 8.19. The van der Waals surface area contributed by atoms with Crippen LogP contribution in [-0.2, 0) is 22.5 Å². The van der Waals surface area contributed by atoms with Crippen molar-refractivity contribution in [1.82, 2.24) is 15.5 Å². The van der Waals surface area contributed by atoms with Gasteiger partial charge in [0, 0.05) is 31.7 Å². The Morgan fingerprint density at radius 1 is 1.04 bits per heavy atom. The zero-order chi connectivity index (χ0) is 18.9. The number of hydrogen-bond donors (Lipinski definition) is 2. The summed E-state index contributed by atoms with van der Waals surface area (Å²) in [6.07, 6.45) is 1.86. The number of benzene rings is 2. The summed E-state index contributed by atoms with van der Waals surface area (Å²) in [6.45, 7) is 3.31. The number of nitrogens with one attached hydrogen (secondary N) is 2. The second kappa shape index (κ2) is 7.66. The van der Waals surface area contributed by atoms with Crippen molar-refractivity contribution in [1.29, 1.82) is 0 Å². The third-order valence-electron chi connectivity index (χ3n) is 6.33. The molecule has 0 radical (unpaired) electrons. The van der Waals surface area contributed by atoms with E-state index in [1.54, 1.807) is 0 Å². The number of morpholine rings is 1. The van der Waals surface area contributed by atoms with E-state index in [1.165, 1.54) is 16.7 Å². The molecule has 2 saturated heterocycles. The molecule has 0 unspecified atom stereocenters. The molecule has 2 aromatic rings. The first-order valence-electron chi connectivity index (χ1n) is 10.3. The first-order valence-corrected chi connectivity index (χ1v) is 10.3. The van der Waals surface area contributed by atoms with Gasteiger partial charge in [-0.05, 0) is 29.5 Å². The Morgan fingerprint density at radius 3 is 2.68 bits per heavy atom. The topological polar surface area (TPSA) is 53.6 Å². The van der Waals surface area contributed by atoms with Gasteiger partial charge in [0.05, 0.1) is 18.8 Å². The van der Waals surface area contributed by atoms with Gasteiger partial charge in [-0.1, -0.05) is 54.6 Å². The van der Waals surface area contributed by atoms with Crippen LogP contribution in [-0.4, -0.2) is 48.6 Å². The van der Waals surface area contributed by atoms with Crippen molar-refractivity contribution < 1.29 is 9.53 Å². The Hall–Kier alpha value is -2.21. The summed E-state index contributed by atoms with van der Waals surface area (Å²) in [5.74, 6) is 0.125. The monoisotopic (exact) mass is 377 g/mol. The quantitative estimate of drug-likeness (QED) is 0.860. The highest BCUT2D eigenvalue weighted by atomic mass is 16.5. The van der Waals surface area contributed by atoms with E-state index in [-0.39, 0.29) is 24.1 Å². The Balaban J connectivity index is 1.17. The van der Waals surface area contributed by atoms with Gasteiger partial charge < -0.3 is 15.4 Å². The fourth-order valence-electron chi connectivity index (χ4n) is 4.79. The van der Waals surface area contributed by atoms with Crippen molar-refractivity contribution >= 4 is 5.91 Å². The summed E-state index contributed by atoms with van der Waals surface area (Å²) >= 11 is 0. The van der Waals surface area contributed by atoms with E-state index >= 15 is 0 Å². The first kappa shape index (κ1) is 17.9. The Kier molecular flexibility index (Phi) is 4.89. The molecule has 3 heterocycles. The highest BCUT2D eigenvalue weighted by molar-refractivity contribution is 5.82. The largest absolute Gasteiger partial charge is 0.371 e. The number of ether oxygens (including phenoxy) is 1. The van der Waals surface area contributed by atoms with Crippen molar-refractivity contribution in [3.8, 4) is 0 Å². The summed E-state index contributed by atoms with van der Waals surface area (Å²) < 4.78 is 6.12. The van der Waals surface area contributed by atoms with Crippen LogP contribution in [0.5, 0.6) is 0 Å². The van der Waals surface area contributed by atoms with E-state index in [1.807, 2.05) is 6.07 Å². The molecule has 28 heavy (non-hydrogen) atoms. The molecule has 2 aromatic carbocycles. The number of carbonyl (C=O) groups is 1. The zero-order valence-electron chi connectivity index (χ0n) is 16.0. The van der Waals surface area contributed by atoms with Gasteiger partial charge in [0.1, 0.15) is 0 Å². The highest BCUT2D eigenvalue weighted by Crippen LogP contribution is 2.30. The van der Waals surface area contributed by atoms with Gasteiger partial charge in [-0.3, -0.25) is 9.69 Å². The standard InChI is InChI=1S/C23H27N3O2/c27-23(21-10-17-8-4-5-9-18(17)12-24-21)25-19-11-20-15-28-22(14-26(20)13-19)16-6-2-1-3-7-16/h1-9,19-22,24H,10-15H2,(H,25,27)/t19-,20+,21-,22-/m1/s1. The molecule has 0 aromatic heterocycles. The van der Waals surface area contributed by atoms with E-state index in [2.05, 4.69) is 64.1 Å². The van der Waals surface area contributed by atoms with Gasteiger partial charge in [0.25, 0.3) is 0 Å². The fourth-order valence-corrected chi connectivity index (χ4v) is 4.79. The molecule has 0 spiro atoms. The van der Waals surface area contributed by atoms with Crippen LogP contribution in [0.4, 0.5) is 0 Å². The smallest absolute Gasteiger partial charge is 0.237 e. The molecule has 2 N–H and O–H groups in total. The van der Waals surface area contributed by atoms with Crippen molar-refractivity contribution in [3.05, 3.63) is 71.3 Å². The molecule has 4 atom stereocenters. The summed E-state index contributed by atoms with van der Waals surface area (Å²) in [7, 11) is 0. The third-order valence-corrected chi connectivity index (χ3v) is 6.33. The molecule has 146 valence electrons. The molecule has 0 saturated carbocycles. The molecule has 3 aliphatic heterocycles. The SMILES string of the molecule is O=C(N[C@@H]1C[C@H]2CO[C@@H](c3ccccc3)CN2C1)[C@H]1Cc2ccccc2CN1. The number of amides is 1. The second-order valence-corrected chi connectivity index (χ2v) is 8.19. The zero-order valence-corrected chi connectivity index (χ0v) is 16.0. The molecule has 0 aliphatic carbocycles. The van der Waals surface area contributed by atoms with E-state index < -0.39 is 0 Å². The summed E-state index contributed by atoms with van der Waals surface area (Å²) in [5, 5.41) is 6.68. The van der Waals surface area contributed by atoms with Crippen LogP contribution in [0, 0.1) is 0 Å². The van der Waals surface area contributed by atoms with Crippen LogP contribution >= 0.6 is 0 Å². The Bertz CT molecular complexity index is 841. The van der Waals surface area contributed by atoms with E-state index in [0.29, 0.717) is 6.04 Å². The lowest BCUT2D eigenvalue weighted by molar-refractivity contribution is -0.124. The minimum Gasteiger partial charge on any atom is -0.371 e. The van der Waals surface area contributed by atoms with Gasteiger partial charge in [0.2, 0.25) is 5.91 Å². The molecule has 2 fully saturated rings. The van der Waals surface area contributed by atoms with Crippen molar-refractivity contribution in [2.75, 3.05) is 19.7 Å². The van der Waals surface area contributed by atoms with Gasteiger partial charge in [-0.25, -0.2) is 0 Å². The van der Waals surface area contributed by atoms with Gasteiger partial charge in [0.15, 0.2) is 0 Å². The van der Waals surface area contributed by atoms with Crippen molar-refractivity contribution in [2.45, 2.75) is 43.6 Å². The van der Waals surface area contributed by atoms with Gasteiger partial charge >= 0.3 is 0 Å². The van der Waals surface area contributed by atoms with Crippen molar-refractivity contribution in [2.24, 2.45) is 0 Å². The highest BCUT2D eigenvalue weighted by Gasteiger charge is 2.39. The normalized spacial score (nSPS) is 29.7. The lowest BCUT2D eigenvalue weighted by Crippen LogP contribution is -2.51. The molecular formula is C23H27N3O2. The van der Waals surface area contributed by atoms with E-state index in [0.717, 1.165) is 39.1 Å². The number of carbonyl (C=O) groups excluding carboxylic acids is 1. The summed E-state index contributed by atoms with van der Waals surface area (Å²) in [6, 6.07) is 19.3. The van der Waals surface area contributed by atoms with Crippen LogP contribution in [0.15, 0.2) is 54.6 Å². The number of rotatable bonds is 3. The lowest BCUT2D eigenvalue weighted by Gasteiger charge is -2.35. The molecule has 5 heteroatoms. The third kappa shape index (κ3) is 3.58. The average Bonchev–Trinajstić information content (AvgIpc) is 3.15. The molecule has 3 aliphatic rings. The summed E-state index contributed by atoms with van der Waals surface area (Å²) in [4.78, 5) is 15.3. The fraction of sp³-hybridized carbons (Fsp3) is 0.435. The van der Waals surface area contributed by atoms with Crippen molar-refractivity contribution in [3.63, 3.8) is 0 Å². The van der Waals surface area contributed by atoms with Crippen LogP contribution < -0.4 is 10.6 Å². The van der Waals surface area contributed by atoms with Gasteiger partial charge in [-0.15, -0.1) is 0 Å². The number of fused-ring (bicyclic) bond motifs is 2. The van der Waals surface area contributed by atoms with Crippen LogP contribution in [0.2, 0.25) is 0 Å². The minimum absolute atomic E-state index is 0.125.